The zero-order chi connectivity index (χ0) is 17.7. The average molecular weight is 342 g/mol. The molecule has 0 saturated carbocycles. The lowest BCUT2D eigenvalue weighted by Gasteiger charge is -2.09. The third kappa shape index (κ3) is 2.18. The van der Waals surface area contributed by atoms with E-state index in [4.69, 9.17) is 9.47 Å². The molecule has 0 amide bonds. The zero-order valence-electron chi connectivity index (χ0n) is 14.0. The number of ether oxygens (including phenoxy) is 2. The van der Waals surface area contributed by atoms with Crippen LogP contribution in [0.25, 0.3) is 39.6 Å². The summed E-state index contributed by atoms with van der Waals surface area (Å²) in [5.41, 5.74) is 1.82. The molecule has 1 heterocycles. The molecule has 2 aliphatic rings. The first-order valence-electron chi connectivity index (χ1n) is 8.27. The van der Waals surface area contributed by atoms with Crippen LogP contribution in [-0.4, -0.2) is 19.7 Å². The van der Waals surface area contributed by atoms with Crippen LogP contribution in [0.1, 0.15) is 5.56 Å². The number of nitrogens with zero attached hydrogens (tertiary/aromatic N) is 2. The molecule has 3 aromatic rings. The van der Waals surface area contributed by atoms with Gasteiger partial charge < -0.3 is 9.47 Å². The molecule has 0 fully saturated rings. The maximum Gasteiger partial charge on any atom is 0.337 e. The minimum Gasteiger partial charge on any atom is -0.424 e. The molecule has 5 nitrogen and oxygen atoms in total. The fourth-order valence-corrected chi connectivity index (χ4v) is 3.56. The first kappa shape index (κ1) is 15.0. The van der Waals surface area contributed by atoms with Crippen LogP contribution in [0.2, 0.25) is 0 Å². The van der Waals surface area contributed by atoms with Crippen molar-refractivity contribution >= 4 is 51.2 Å². The highest BCUT2D eigenvalue weighted by Gasteiger charge is 2.16. The van der Waals surface area contributed by atoms with Gasteiger partial charge in [0.05, 0.1) is 11.9 Å². The third-order valence-electron chi connectivity index (χ3n) is 4.72. The lowest BCUT2D eigenvalue weighted by molar-refractivity contribution is -0.140. The van der Waals surface area contributed by atoms with Crippen LogP contribution in [0.4, 0.5) is 5.69 Å². The van der Waals surface area contributed by atoms with E-state index in [0.717, 1.165) is 43.2 Å². The normalized spacial score (nSPS) is 14.0. The summed E-state index contributed by atoms with van der Waals surface area (Å²) < 4.78 is 10.2. The van der Waals surface area contributed by atoms with Crippen LogP contribution in [0.15, 0.2) is 52.7 Å². The Kier molecular flexibility index (Phi) is 3.23. The molecule has 26 heavy (non-hydrogen) atoms. The SMILES string of the molecule is COCC(=O)OC1=CC=c2c1ccc1c2ccc2cc3c(cc21)=CN=N3. The number of methoxy groups -OCH3 is 1. The number of hydrogen-bond acceptors (Lipinski definition) is 5. The fourth-order valence-electron chi connectivity index (χ4n) is 3.56. The van der Waals surface area contributed by atoms with Crippen molar-refractivity contribution in [2.24, 2.45) is 10.2 Å². The topological polar surface area (TPSA) is 60.2 Å². The Hall–Kier alpha value is -3.31. The van der Waals surface area contributed by atoms with E-state index in [1.807, 2.05) is 18.2 Å². The molecule has 1 aliphatic heterocycles. The number of esters is 1. The number of benzene rings is 3. The molecule has 1 aliphatic carbocycles. The van der Waals surface area contributed by atoms with Gasteiger partial charge in [-0.25, -0.2) is 4.79 Å². The molecule has 5 rings (SSSR count). The minimum absolute atomic E-state index is 0.0669. The van der Waals surface area contributed by atoms with E-state index < -0.39 is 5.97 Å². The summed E-state index contributed by atoms with van der Waals surface area (Å²) in [6.07, 6.45) is 5.60. The van der Waals surface area contributed by atoms with E-state index in [9.17, 15) is 4.79 Å². The second-order valence-electron chi connectivity index (χ2n) is 6.27. The fraction of sp³-hybridized carbons (Fsp3) is 0.0952. The molecule has 0 spiro atoms. The second-order valence-corrected chi connectivity index (χ2v) is 6.27. The Morgan fingerprint density at radius 1 is 1.04 bits per heavy atom. The van der Waals surface area contributed by atoms with E-state index in [-0.39, 0.29) is 6.61 Å². The van der Waals surface area contributed by atoms with Crippen molar-refractivity contribution < 1.29 is 14.3 Å². The van der Waals surface area contributed by atoms with Crippen LogP contribution in [0.3, 0.4) is 0 Å². The van der Waals surface area contributed by atoms with Crippen molar-refractivity contribution in [1.29, 1.82) is 0 Å². The number of fused-ring (bicyclic) bond motifs is 6. The molecular weight excluding hydrogens is 328 g/mol. The molecule has 0 bridgehead atoms. The van der Waals surface area contributed by atoms with Gasteiger partial charge in [-0.2, -0.15) is 10.2 Å². The van der Waals surface area contributed by atoms with Crippen LogP contribution in [0, 0.1) is 0 Å². The number of allylic oxidation sites excluding steroid dienone is 1. The highest BCUT2D eigenvalue weighted by molar-refractivity contribution is 6.09. The van der Waals surface area contributed by atoms with Gasteiger partial charge in [0.25, 0.3) is 0 Å². The summed E-state index contributed by atoms with van der Waals surface area (Å²) in [6.45, 7) is -0.0669. The van der Waals surface area contributed by atoms with E-state index >= 15 is 0 Å². The average Bonchev–Trinajstić information content (AvgIpc) is 3.26. The maximum absolute atomic E-state index is 11.7. The van der Waals surface area contributed by atoms with E-state index in [2.05, 4.69) is 40.6 Å². The van der Waals surface area contributed by atoms with Gasteiger partial charge in [0.1, 0.15) is 12.4 Å². The molecule has 126 valence electrons. The molecular formula is C21H14N2O3. The van der Waals surface area contributed by atoms with Crippen molar-refractivity contribution in [2.45, 2.75) is 0 Å². The lowest BCUT2D eigenvalue weighted by atomic mass is 9.97. The van der Waals surface area contributed by atoms with E-state index in [1.54, 1.807) is 6.20 Å². The Morgan fingerprint density at radius 2 is 1.92 bits per heavy atom. The molecule has 0 aromatic heterocycles. The summed E-state index contributed by atoms with van der Waals surface area (Å²) in [5, 5.41) is 14.8. The van der Waals surface area contributed by atoms with Gasteiger partial charge in [-0.15, -0.1) is 0 Å². The van der Waals surface area contributed by atoms with Gasteiger partial charge in [-0.1, -0.05) is 18.2 Å². The standard InChI is InChI=1S/C21H14N2O3/c1-25-11-21(24)26-20-7-6-15-14-3-2-12-9-19-13(10-22-23-19)8-18(12)16(14)4-5-17(15)20/h2-10H,11H2,1H3. The monoisotopic (exact) mass is 342 g/mol. The van der Waals surface area contributed by atoms with E-state index in [1.165, 1.54) is 7.11 Å². The van der Waals surface area contributed by atoms with Crippen LogP contribution in [-0.2, 0) is 14.3 Å². The molecule has 0 N–H and O–H groups in total. The van der Waals surface area contributed by atoms with Gasteiger partial charge in [0.2, 0.25) is 0 Å². The van der Waals surface area contributed by atoms with Gasteiger partial charge in [0.15, 0.2) is 0 Å². The smallest absolute Gasteiger partial charge is 0.337 e. The largest absolute Gasteiger partial charge is 0.424 e. The summed E-state index contributed by atoms with van der Waals surface area (Å²) in [7, 11) is 1.47. The maximum atomic E-state index is 11.7. The summed E-state index contributed by atoms with van der Waals surface area (Å²) in [6, 6.07) is 12.4. The first-order chi connectivity index (χ1) is 12.7. The molecule has 0 radical (unpaired) electrons. The van der Waals surface area contributed by atoms with Gasteiger partial charge in [0, 0.05) is 17.9 Å². The number of carbonyl (C=O) groups is 1. The van der Waals surface area contributed by atoms with Crippen LogP contribution >= 0.6 is 0 Å². The van der Waals surface area contributed by atoms with Gasteiger partial charge in [-0.05, 0) is 57.1 Å². The highest BCUT2D eigenvalue weighted by atomic mass is 16.6. The van der Waals surface area contributed by atoms with Crippen molar-refractivity contribution in [1.82, 2.24) is 0 Å². The summed E-state index contributed by atoms with van der Waals surface area (Å²) in [5.74, 6) is 0.154. The summed E-state index contributed by atoms with van der Waals surface area (Å²) >= 11 is 0. The Balaban J connectivity index is 1.67. The summed E-state index contributed by atoms with van der Waals surface area (Å²) in [4.78, 5) is 11.7. The van der Waals surface area contributed by atoms with Gasteiger partial charge >= 0.3 is 5.97 Å². The van der Waals surface area contributed by atoms with Crippen LogP contribution < -0.4 is 10.4 Å². The molecule has 0 unspecified atom stereocenters. The van der Waals surface area contributed by atoms with Gasteiger partial charge in [-0.3, -0.25) is 0 Å². The number of carbonyl (C=O) groups excluding carboxylic acids is 1. The Bertz CT molecular complexity index is 1290. The predicted molar refractivity (Wildman–Crippen MR) is 100 cm³/mol. The minimum atomic E-state index is -0.405. The van der Waals surface area contributed by atoms with Crippen LogP contribution in [0.5, 0.6) is 0 Å². The second kappa shape index (κ2) is 5.61. The van der Waals surface area contributed by atoms with Crippen molar-refractivity contribution in [3.05, 3.63) is 58.5 Å². The molecule has 3 aromatic carbocycles. The van der Waals surface area contributed by atoms with E-state index in [0.29, 0.717) is 5.76 Å². The molecule has 5 heteroatoms. The van der Waals surface area contributed by atoms with Crippen molar-refractivity contribution in [3.63, 3.8) is 0 Å². The quantitative estimate of drug-likeness (QED) is 0.543. The number of rotatable bonds is 3. The Morgan fingerprint density at radius 3 is 2.81 bits per heavy atom. The van der Waals surface area contributed by atoms with Crippen molar-refractivity contribution in [3.8, 4) is 0 Å². The zero-order valence-corrected chi connectivity index (χ0v) is 14.0. The molecule has 0 saturated heterocycles. The highest BCUT2D eigenvalue weighted by Crippen LogP contribution is 2.29. The van der Waals surface area contributed by atoms with Crippen molar-refractivity contribution in [2.75, 3.05) is 13.7 Å². The lowest BCUT2D eigenvalue weighted by Crippen LogP contribution is -2.13. The Labute approximate surface area is 148 Å². The predicted octanol–water partition coefficient (Wildman–Crippen LogP) is 3.15. The number of hydrogen-bond donors (Lipinski definition) is 0. The third-order valence-corrected chi connectivity index (χ3v) is 4.72. The molecule has 0 atom stereocenters. The number of azo groups is 1. The first-order valence-corrected chi connectivity index (χ1v) is 8.27.